The van der Waals surface area contributed by atoms with Crippen molar-refractivity contribution in [1.29, 1.82) is 0 Å². The fourth-order valence-electron chi connectivity index (χ4n) is 2.31. The molecule has 1 aliphatic carbocycles. The molecule has 0 saturated heterocycles. The monoisotopic (exact) mass is 212 g/mol. The SMILES string of the molecule is OC1CCCCC1c1c(F)cccc1F. The topological polar surface area (TPSA) is 20.2 Å². The number of halogens is 2. The van der Waals surface area contributed by atoms with Gasteiger partial charge in [-0.15, -0.1) is 0 Å². The molecule has 1 N–H and O–H groups in total. The molecule has 3 heteroatoms. The summed E-state index contributed by atoms with van der Waals surface area (Å²) in [4.78, 5) is 0. The van der Waals surface area contributed by atoms with Crippen molar-refractivity contribution in [2.75, 3.05) is 0 Å². The summed E-state index contributed by atoms with van der Waals surface area (Å²) >= 11 is 0. The molecule has 0 amide bonds. The molecule has 2 atom stereocenters. The van der Waals surface area contributed by atoms with Gasteiger partial charge in [0.15, 0.2) is 0 Å². The molecule has 2 unspecified atom stereocenters. The van der Waals surface area contributed by atoms with Crippen LogP contribution < -0.4 is 0 Å². The second-order valence-corrected chi connectivity index (χ2v) is 4.09. The Morgan fingerprint density at radius 2 is 1.67 bits per heavy atom. The molecule has 0 aliphatic heterocycles. The smallest absolute Gasteiger partial charge is 0.129 e. The van der Waals surface area contributed by atoms with Gasteiger partial charge in [-0.3, -0.25) is 0 Å². The van der Waals surface area contributed by atoms with Crippen LogP contribution >= 0.6 is 0 Å². The maximum atomic E-state index is 13.5. The number of hydrogen-bond donors (Lipinski definition) is 1. The van der Waals surface area contributed by atoms with Crippen LogP contribution in [0.2, 0.25) is 0 Å². The van der Waals surface area contributed by atoms with Crippen molar-refractivity contribution in [2.45, 2.75) is 37.7 Å². The Balaban J connectivity index is 2.35. The highest BCUT2D eigenvalue weighted by Crippen LogP contribution is 2.35. The van der Waals surface area contributed by atoms with E-state index in [1.165, 1.54) is 18.2 Å². The van der Waals surface area contributed by atoms with Crippen LogP contribution in [0.15, 0.2) is 18.2 Å². The Hall–Kier alpha value is -0.960. The Morgan fingerprint density at radius 3 is 2.27 bits per heavy atom. The molecule has 0 spiro atoms. The average Bonchev–Trinajstić information content (AvgIpc) is 2.20. The molecule has 1 fully saturated rings. The number of rotatable bonds is 1. The van der Waals surface area contributed by atoms with Gasteiger partial charge in [0.1, 0.15) is 11.6 Å². The Morgan fingerprint density at radius 1 is 1.07 bits per heavy atom. The van der Waals surface area contributed by atoms with Crippen molar-refractivity contribution in [1.82, 2.24) is 0 Å². The summed E-state index contributed by atoms with van der Waals surface area (Å²) < 4.78 is 26.9. The molecule has 15 heavy (non-hydrogen) atoms. The molecule has 0 bridgehead atoms. The predicted octanol–water partition coefficient (Wildman–Crippen LogP) is 2.98. The van der Waals surface area contributed by atoms with Gasteiger partial charge in [0.2, 0.25) is 0 Å². The summed E-state index contributed by atoms with van der Waals surface area (Å²) in [5.41, 5.74) is 0.0599. The van der Waals surface area contributed by atoms with Crippen LogP contribution in [-0.2, 0) is 0 Å². The second kappa shape index (κ2) is 4.27. The molecular formula is C12H14F2O. The van der Waals surface area contributed by atoms with E-state index in [0.717, 1.165) is 12.8 Å². The van der Waals surface area contributed by atoms with Gasteiger partial charge in [-0.05, 0) is 25.0 Å². The third-order valence-electron chi connectivity index (χ3n) is 3.10. The van der Waals surface area contributed by atoms with E-state index in [2.05, 4.69) is 0 Å². The van der Waals surface area contributed by atoms with Crippen molar-refractivity contribution < 1.29 is 13.9 Å². The van der Waals surface area contributed by atoms with E-state index >= 15 is 0 Å². The van der Waals surface area contributed by atoms with Gasteiger partial charge in [-0.25, -0.2) is 8.78 Å². The van der Waals surface area contributed by atoms with Crippen molar-refractivity contribution in [3.05, 3.63) is 35.4 Å². The van der Waals surface area contributed by atoms with Crippen LogP contribution in [0.1, 0.15) is 37.2 Å². The molecule has 2 rings (SSSR count). The molecule has 0 heterocycles. The van der Waals surface area contributed by atoms with E-state index in [1.807, 2.05) is 0 Å². The first-order valence-electron chi connectivity index (χ1n) is 5.32. The average molecular weight is 212 g/mol. The number of benzene rings is 1. The van der Waals surface area contributed by atoms with Crippen LogP contribution in [0, 0.1) is 11.6 Å². The van der Waals surface area contributed by atoms with Crippen LogP contribution in [-0.4, -0.2) is 11.2 Å². The van der Waals surface area contributed by atoms with E-state index < -0.39 is 17.7 Å². The third kappa shape index (κ3) is 2.02. The maximum absolute atomic E-state index is 13.5. The van der Waals surface area contributed by atoms with Gasteiger partial charge >= 0.3 is 0 Å². The standard InChI is InChI=1S/C12H14F2O/c13-9-5-3-6-10(14)12(9)8-4-1-2-7-11(8)15/h3,5-6,8,11,15H,1-2,4,7H2. The van der Waals surface area contributed by atoms with E-state index in [4.69, 9.17) is 0 Å². The zero-order chi connectivity index (χ0) is 10.8. The third-order valence-corrected chi connectivity index (χ3v) is 3.10. The minimum atomic E-state index is -0.606. The summed E-state index contributed by atoms with van der Waals surface area (Å²) in [5, 5.41) is 9.74. The van der Waals surface area contributed by atoms with Crippen LogP contribution in [0.25, 0.3) is 0 Å². The number of aliphatic hydroxyl groups is 1. The molecule has 1 nitrogen and oxygen atoms in total. The normalized spacial score (nSPS) is 26.6. The molecule has 1 saturated carbocycles. The largest absolute Gasteiger partial charge is 0.392 e. The lowest BCUT2D eigenvalue weighted by Gasteiger charge is -2.28. The Bertz CT molecular complexity index is 331. The zero-order valence-corrected chi connectivity index (χ0v) is 8.42. The molecule has 0 radical (unpaired) electrons. The van der Waals surface area contributed by atoms with Gasteiger partial charge in [0.25, 0.3) is 0 Å². The summed E-state index contributed by atoms with van der Waals surface area (Å²) in [5.74, 6) is -1.46. The van der Waals surface area contributed by atoms with Gasteiger partial charge in [0, 0.05) is 11.5 Å². The highest BCUT2D eigenvalue weighted by atomic mass is 19.1. The summed E-state index contributed by atoms with van der Waals surface area (Å²) in [6.45, 7) is 0. The van der Waals surface area contributed by atoms with Crippen molar-refractivity contribution in [2.24, 2.45) is 0 Å². The van der Waals surface area contributed by atoms with E-state index in [9.17, 15) is 13.9 Å². The molecule has 82 valence electrons. The molecule has 1 aromatic rings. The first kappa shape index (κ1) is 10.6. The summed E-state index contributed by atoms with van der Waals surface area (Å²) in [6, 6.07) is 3.85. The number of aliphatic hydroxyl groups excluding tert-OH is 1. The second-order valence-electron chi connectivity index (χ2n) is 4.09. The fourth-order valence-corrected chi connectivity index (χ4v) is 2.31. The van der Waals surface area contributed by atoms with E-state index in [1.54, 1.807) is 0 Å². The highest BCUT2D eigenvalue weighted by molar-refractivity contribution is 5.25. The molecule has 1 aromatic carbocycles. The lowest BCUT2D eigenvalue weighted by molar-refractivity contribution is 0.103. The van der Waals surface area contributed by atoms with Gasteiger partial charge in [-0.2, -0.15) is 0 Å². The quantitative estimate of drug-likeness (QED) is 0.758. The minimum absolute atomic E-state index is 0.0599. The lowest BCUT2D eigenvalue weighted by atomic mass is 9.81. The van der Waals surface area contributed by atoms with Crippen LogP contribution in [0.3, 0.4) is 0 Å². The van der Waals surface area contributed by atoms with Crippen LogP contribution in [0.4, 0.5) is 8.78 Å². The minimum Gasteiger partial charge on any atom is -0.392 e. The number of hydrogen-bond acceptors (Lipinski definition) is 1. The van der Waals surface area contributed by atoms with Crippen molar-refractivity contribution >= 4 is 0 Å². The molecule has 0 aromatic heterocycles. The van der Waals surface area contributed by atoms with E-state index in [-0.39, 0.29) is 11.5 Å². The Labute approximate surface area is 87.7 Å². The lowest BCUT2D eigenvalue weighted by Crippen LogP contribution is -2.24. The first-order valence-corrected chi connectivity index (χ1v) is 5.32. The van der Waals surface area contributed by atoms with Gasteiger partial charge in [0.05, 0.1) is 6.10 Å². The summed E-state index contributed by atoms with van der Waals surface area (Å²) in [6.07, 6.45) is 2.56. The van der Waals surface area contributed by atoms with E-state index in [0.29, 0.717) is 12.8 Å². The maximum Gasteiger partial charge on any atom is 0.129 e. The highest BCUT2D eigenvalue weighted by Gasteiger charge is 2.29. The van der Waals surface area contributed by atoms with Gasteiger partial charge < -0.3 is 5.11 Å². The first-order chi connectivity index (χ1) is 7.20. The Kier molecular flexibility index (Phi) is 3.00. The van der Waals surface area contributed by atoms with Crippen LogP contribution in [0.5, 0.6) is 0 Å². The fraction of sp³-hybridized carbons (Fsp3) is 0.500. The van der Waals surface area contributed by atoms with Crippen molar-refractivity contribution in [3.63, 3.8) is 0 Å². The molecular weight excluding hydrogens is 198 g/mol. The molecule has 1 aliphatic rings. The predicted molar refractivity (Wildman–Crippen MR) is 53.6 cm³/mol. The van der Waals surface area contributed by atoms with Crippen molar-refractivity contribution in [3.8, 4) is 0 Å². The zero-order valence-electron chi connectivity index (χ0n) is 8.42. The summed E-state index contributed by atoms with van der Waals surface area (Å²) in [7, 11) is 0. The van der Waals surface area contributed by atoms with Gasteiger partial charge in [-0.1, -0.05) is 18.9 Å².